The van der Waals surface area contributed by atoms with Gasteiger partial charge < -0.3 is 21.5 Å². The second kappa shape index (κ2) is 9.55. The summed E-state index contributed by atoms with van der Waals surface area (Å²) in [6, 6.07) is 6.22. The minimum atomic E-state index is -0.310. The second-order valence-corrected chi connectivity index (χ2v) is 5.29. The van der Waals surface area contributed by atoms with Gasteiger partial charge >= 0.3 is 0 Å². The molecule has 0 aliphatic carbocycles. The maximum Gasteiger partial charge on any atom is 0.229 e. The Hall–Kier alpha value is -2.71. The molecule has 2 aromatic rings. The first-order chi connectivity index (χ1) is 12.1. The molecule has 25 heavy (non-hydrogen) atoms. The lowest BCUT2D eigenvalue weighted by Gasteiger charge is -2.10. The highest BCUT2D eigenvalue weighted by atomic mass is 35.5. The Balaban J connectivity index is 2.06. The summed E-state index contributed by atoms with van der Waals surface area (Å²) < 4.78 is 13.2. The zero-order chi connectivity index (χ0) is 18.1. The van der Waals surface area contributed by atoms with Crippen molar-refractivity contribution in [1.29, 1.82) is 0 Å². The molecule has 0 bridgehead atoms. The number of anilines is 2. The number of rotatable bonds is 8. The van der Waals surface area contributed by atoms with Crippen LogP contribution >= 0.6 is 11.6 Å². The van der Waals surface area contributed by atoms with Gasteiger partial charge in [-0.1, -0.05) is 23.7 Å². The summed E-state index contributed by atoms with van der Waals surface area (Å²) >= 11 is 6.08. The number of nitrogens with one attached hydrogen (secondary N) is 2. The average molecular weight is 365 g/mol. The van der Waals surface area contributed by atoms with Gasteiger partial charge in [-0.15, -0.1) is 0 Å². The van der Waals surface area contributed by atoms with Gasteiger partial charge in [0.05, 0.1) is 25.0 Å². The largest absolute Gasteiger partial charge is 0.403 e. The topological polar surface area (TPSA) is 108 Å². The first kappa shape index (κ1) is 18.6. The van der Waals surface area contributed by atoms with Crippen molar-refractivity contribution < 1.29 is 9.50 Å². The second-order valence-electron chi connectivity index (χ2n) is 4.88. The number of aliphatic imine (C=N–C) groups is 1. The summed E-state index contributed by atoms with van der Waals surface area (Å²) in [5.74, 6) is 0.348. The molecule has 0 saturated heterocycles. The van der Waals surface area contributed by atoms with Crippen LogP contribution in [0.4, 0.5) is 16.2 Å². The molecule has 0 aliphatic rings. The van der Waals surface area contributed by atoms with Crippen LogP contribution in [0.25, 0.3) is 0 Å². The first-order valence-corrected chi connectivity index (χ1v) is 7.80. The van der Waals surface area contributed by atoms with Crippen LogP contribution in [-0.2, 0) is 6.54 Å². The number of nitrogens with two attached hydrogens (primary N) is 1. The maximum absolute atomic E-state index is 13.2. The molecule has 0 aliphatic heterocycles. The van der Waals surface area contributed by atoms with Crippen LogP contribution in [0.15, 0.2) is 47.4 Å². The van der Waals surface area contributed by atoms with Crippen LogP contribution in [0, 0.1) is 5.82 Å². The van der Waals surface area contributed by atoms with Crippen molar-refractivity contribution in [3.05, 3.63) is 58.8 Å². The first-order valence-electron chi connectivity index (χ1n) is 7.43. The SMILES string of the molecule is NC=C(C=NCCO)Nc1ncc(Cl)c(NCc2cccc(F)c2)n1. The average Bonchev–Trinajstić information content (AvgIpc) is 2.61. The third-order valence-corrected chi connectivity index (χ3v) is 3.26. The van der Waals surface area contributed by atoms with E-state index in [0.29, 0.717) is 23.1 Å². The Bertz CT molecular complexity index is 768. The van der Waals surface area contributed by atoms with Gasteiger partial charge in [0.1, 0.15) is 10.8 Å². The van der Waals surface area contributed by atoms with Crippen molar-refractivity contribution in [2.45, 2.75) is 6.54 Å². The number of nitrogens with zero attached hydrogens (tertiary/aromatic N) is 3. The van der Waals surface area contributed by atoms with E-state index in [-0.39, 0.29) is 24.9 Å². The van der Waals surface area contributed by atoms with E-state index in [4.69, 9.17) is 22.4 Å². The summed E-state index contributed by atoms with van der Waals surface area (Å²) in [4.78, 5) is 12.3. The molecule has 0 unspecified atom stereocenters. The van der Waals surface area contributed by atoms with E-state index in [1.54, 1.807) is 12.1 Å². The number of aliphatic hydroxyl groups excluding tert-OH is 1. The number of halogens is 2. The molecule has 5 N–H and O–H groups in total. The van der Waals surface area contributed by atoms with E-state index < -0.39 is 0 Å². The predicted molar refractivity (Wildman–Crippen MR) is 97.1 cm³/mol. The monoisotopic (exact) mass is 364 g/mol. The van der Waals surface area contributed by atoms with Gasteiger partial charge in [0, 0.05) is 19.0 Å². The summed E-state index contributed by atoms with van der Waals surface area (Å²) in [6.45, 7) is 0.562. The molecule has 0 fully saturated rings. The molecular weight excluding hydrogens is 347 g/mol. The zero-order valence-corrected chi connectivity index (χ0v) is 14.0. The van der Waals surface area contributed by atoms with Crippen molar-refractivity contribution in [2.24, 2.45) is 10.7 Å². The molecular formula is C16H18ClFN6O. The van der Waals surface area contributed by atoms with E-state index in [1.165, 1.54) is 30.7 Å². The quantitative estimate of drug-likeness (QED) is 0.534. The van der Waals surface area contributed by atoms with Crippen LogP contribution in [0.1, 0.15) is 5.56 Å². The standard InChI is InChI=1S/C16H18ClFN6O/c17-14-10-22-16(23-13(7-19)9-20-4-5-25)24-15(14)21-8-11-2-1-3-12(18)6-11/h1-3,6-7,9-10,25H,4-5,8,19H2,(H2,21,22,23,24). The van der Waals surface area contributed by atoms with Gasteiger partial charge in [-0.25, -0.2) is 9.37 Å². The number of hydrogen-bond donors (Lipinski definition) is 4. The van der Waals surface area contributed by atoms with Gasteiger partial charge in [-0.3, -0.25) is 4.99 Å². The van der Waals surface area contributed by atoms with Crippen molar-refractivity contribution >= 4 is 29.6 Å². The molecule has 9 heteroatoms. The molecule has 0 saturated carbocycles. The molecule has 0 atom stereocenters. The van der Waals surface area contributed by atoms with Crippen LogP contribution in [0.3, 0.4) is 0 Å². The number of allylic oxidation sites excluding steroid dienone is 1. The van der Waals surface area contributed by atoms with Gasteiger partial charge in [-0.05, 0) is 17.7 Å². The van der Waals surface area contributed by atoms with Crippen LogP contribution in [0.5, 0.6) is 0 Å². The Kier molecular flexibility index (Phi) is 7.12. The Morgan fingerprint density at radius 2 is 2.28 bits per heavy atom. The van der Waals surface area contributed by atoms with E-state index >= 15 is 0 Å². The summed E-state index contributed by atoms with van der Waals surface area (Å²) in [5.41, 5.74) is 6.73. The Labute approximate surface area is 149 Å². The van der Waals surface area contributed by atoms with Crippen LogP contribution in [-0.4, -0.2) is 34.4 Å². The summed E-state index contributed by atoms with van der Waals surface area (Å²) in [6.07, 6.45) is 4.20. The minimum Gasteiger partial charge on any atom is -0.403 e. The lowest BCUT2D eigenvalue weighted by Crippen LogP contribution is -2.09. The van der Waals surface area contributed by atoms with Crippen LogP contribution < -0.4 is 16.4 Å². The van der Waals surface area contributed by atoms with Gasteiger partial charge in [0.2, 0.25) is 5.95 Å². The Morgan fingerprint density at radius 1 is 1.44 bits per heavy atom. The number of hydrogen-bond acceptors (Lipinski definition) is 7. The van der Waals surface area contributed by atoms with E-state index in [1.807, 2.05) is 0 Å². The van der Waals surface area contributed by atoms with Crippen LogP contribution in [0.2, 0.25) is 5.02 Å². The fourth-order valence-corrected chi connectivity index (χ4v) is 2.01. The van der Waals surface area contributed by atoms with E-state index in [2.05, 4.69) is 25.6 Å². The zero-order valence-electron chi connectivity index (χ0n) is 13.3. The molecule has 0 amide bonds. The number of aliphatic hydroxyl groups is 1. The normalized spacial score (nSPS) is 11.7. The number of aromatic nitrogens is 2. The molecule has 132 valence electrons. The third kappa shape index (κ3) is 6.02. The smallest absolute Gasteiger partial charge is 0.229 e. The molecule has 1 aromatic heterocycles. The predicted octanol–water partition coefficient (Wildman–Crippen LogP) is 2.16. The molecule has 0 radical (unpaired) electrons. The fourth-order valence-electron chi connectivity index (χ4n) is 1.85. The molecule has 0 spiro atoms. The van der Waals surface area contributed by atoms with Gasteiger partial charge in [-0.2, -0.15) is 4.98 Å². The highest BCUT2D eigenvalue weighted by molar-refractivity contribution is 6.32. The molecule has 1 heterocycles. The fraction of sp³-hybridized carbons (Fsp3) is 0.188. The van der Waals surface area contributed by atoms with Gasteiger partial charge in [0.25, 0.3) is 0 Å². The lowest BCUT2D eigenvalue weighted by atomic mass is 10.2. The molecule has 1 aromatic carbocycles. The molecule has 2 rings (SSSR count). The highest BCUT2D eigenvalue weighted by Gasteiger charge is 2.06. The van der Waals surface area contributed by atoms with Crippen molar-refractivity contribution in [3.63, 3.8) is 0 Å². The van der Waals surface area contributed by atoms with Gasteiger partial charge in [0.15, 0.2) is 5.82 Å². The highest BCUT2D eigenvalue weighted by Crippen LogP contribution is 2.20. The maximum atomic E-state index is 13.2. The van der Waals surface area contributed by atoms with Crippen molar-refractivity contribution in [2.75, 3.05) is 23.8 Å². The minimum absolute atomic E-state index is 0.0556. The van der Waals surface area contributed by atoms with Crippen molar-refractivity contribution in [3.8, 4) is 0 Å². The van der Waals surface area contributed by atoms with E-state index in [9.17, 15) is 4.39 Å². The third-order valence-electron chi connectivity index (χ3n) is 2.99. The summed E-state index contributed by atoms with van der Waals surface area (Å²) in [7, 11) is 0. The number of benzene rings is 1. The summed E-state index contributed by atoms with van der Waals surface area (Å²) in [5, 5.41) is 15.0. The van der Waals surface area contributed by atoms with E-state index in [0.717, 1.165) is 5.56 Å². The lowest BCUT2D eigenvalue weighted by molar-refractivity contribution is 0.307. The molecule has 7 nitrogen and oxygen atoms in total. The Morgan fingerprint density at radius 3 is 3.00 bits per heavy atom. The van der Waals surface area contributed by atoms with Crippen molar-refractivity contribution in [1.82, 2.24) is 9.97 Å².